The van der Waals surface area contributed by atoms with Crippen molar-refractivity contribution in [3.63, 3.8) is 0 Å². The van der Waals surface area contributed by atoms with E-state index < -0.39 is 0 Å². The largest absolute Gasteiger partial charge is 0.338 e. The average molecular weight is 368 g/mol. The van der Waals surface area contributed by atoms with Gasteiger partial charge in [0.25, 0.3) is 0 Å². The number of amides is 1. The van der Waals surface area contributed by atoms with Crippen LogP contribution in [0.15, 0.2) is 35.8 Å². The number of hydrogen-bond donors (Lipinski definition) is 0. The molecular weight excluding hydrogens is 342 g/mol. The molecule has 2 aliphatic heterocycles. The van der Waals surface area contributed by atoms with Crippen LogP contribution in [0.2, 0.25) is 0 Å². The van der Waals surface area contributed by atoms with Gasteiger partial charge in [-0.2, -0.15) is 0 Å². The molecule has 1 aromatic carbocycles. The van der Waals surface area contributed by atoms with Crippen molar-refractivity contribution in [1.29, 1.82) is 0 Å². The molecule has 0 N–H and O–H groups in total. The van der Waals surface area contributed by atoms with E-state index in [9.17, 15) is 4.79 Å². The molecule has 1 saturated heterocycles. The molecule has 5 heteroatoms. The first kappa shape index (κ1) is 16.5. The second kappa shape index (κ2) is 6.46. The predicted molar refractivity (Wildman–Crippen MR) is 103 cm³/mol. The van der Waals surface area contributed by atoms with Gasteiger partial charge in [-0.3, -0.25) is 9.69 Å². The third-order valence-corrected chi connectivity index (χ3v) is 7.39. The van der Waals surface area contributed by atoms with Crippen LogP contribution in [0.3, 0.4) is 0 Å². The predicted octanol–water partition coefficient (Wildman–Crippen LogP) is 3.33. The summed E-state index contributed by atoms with van der Waals surface area (Å²) < 4.78 is 0. The number of likely N-dealkylation sites (tertiary alicyclic amines) is 1. The first-order valence-electron chi connectivity index (χ1n) is 9.70. The van der Waals surface area contributed by atoms with E-state index in [-0.39, 0.29) is 5.92 Å². The van der Waals surface area contributed by atoms with Gasteiger partial charge in [0.15, 0.2) is 0 Å². The minimum atomic E-state index is 0.273. The third kappa shape index (κ3) is 2.97. The number of aromatic nitrogens is 1. The smallest absolute Gasteiger partial charge is 0.226 e. The van der Waals surface area contributed by atoms with Crippen molar-refractivity contribution in [3.8, 4) is 0 Å². The van der Waals surface area contributed by atoms with Gasteiger partial charge in [-0.05, 0) is 55.3 Å². The molecule has 1 saturated carbocycles. The molecule has 1 amide bonds. The Hall–Kier alpha value is -1.72. The van der Waals surface area contributed by atoms with Crippen molar-refractivity contribution in [3.05, 3.63) is 52.0 Å². The monoisotopic (exact) mass is 367 g/mol. The molecule has 1 aromatic heterocycles. The molecule has 0 bridgehead atoms. The zero-order valence-electron chi connectivity index (χ0n) is 15.1. The van der Waals surface area contributed by atoms with E-state index in [4.69, 9.17) is 0 Å². The lowest BCUT2D eigenvalue weighted by Crippen LogP contribution is -2.40. The molecule has 4 nitrogen and oxygen atoms in total. The number of carbonyl (C=O) groups excluding carboxylic acids is 1. The molecule has 136 valence electrons. The van der Waals surface area contributed by atoms with Gasteiger partial charge in [-0.1, -0.05) is 24.3 Å². The van der Waals surface area contributed by atoms with Gasteiger partial charge in [-0.25, -0.2) is 4.98 Å². The van der Waals surface area contributed by atoms with Crippen LogP contribution in [0.1, 0.15) is 35.4 Å². The zero-order chi connectivity index (χ0) is 17.6. The van der Waals surface area contributed by atoms with E-state index in [0.717, 1.165) is 45.6 Å². The van der Waals surface area contributed by atoms with Crippen LogP contribution in [0.4, 0.5) is 0 Å². The van der Waals surface area contributed by atoms with Crippen LogP contribution in [-0.4, -0.2) is 40.3 Å². The van der Waals surface area contributed by atoms with Gasteiger partial charge < -0.3 is 4.90 Å². The number of benzene rings is 1. The maximum absolute atomic E-state index is 13.1. The summed E-state index contributed by atoms with van der Waals surface area (Å²) >= 11 is 1.74. The van der Waals surface area contributed by atoms with Crippen LogP contribution in [0, 0.1) is 11.3 Å². The maximum Gasteiger partial charge on any atom is 0.226 e. The molecule has 2 fully saturated rings. The second-order valence-electron chi connectivity index (χ2n) is 8.10. The van der Waals surface area contributed by atoms with Gasteiger partial charge in [0.05, 0.1) is 6.54 Å². The van der Waals surface area contributed by atoms with E-state index in [0.29, 0.717) is 11.3 Å². The van der Waals surface area contributed by atoms with Crippen molar-refractivity contribution >= 4 is 17.2 Å². The quantitative estimate of drug-likeness (QED) is 0.835. The Kier molecular flexibility index (Phi) is 4.09. The minimum absolute atomic E-state index is 0.273. The van der Waals surface area contributed by atoms with Crippen molar-refractivity contribution in [2.24, 2.45) is 11.3 Å². The van der Waals surface area contributed by atoms with Crippen LogP contribution >= 0.6 is 11.3 Å². The lowest BCUT2D eigenvalue weighted by molar-refractivity contribution is -0.134. The molecule has 1 aliphatic carbocycles. The van der Waals surface area contributed by atoms with Crippen molar-refractivity contribution in [2.75, 3.05) is 19.6 Å². The number of fused-ring (bicyclic) bond motifs is 1. The highest BCUT2D eigenvalue weighted by Crippen LogP contribution is 2.60. The van der Waals surface area contributed by atoms with Crippen LogP contribution in [-0.2, 0) is 24.3 Å². The fraction of sp³-hybridized carbons (Fsp3) is 0.524. The Morgan fingerprint density at radius 1 is 1.19 bits per heavy atom. The summed E-state index contributed by atoms with van der Waals surface area (Å²) in [5, 5.41) is 3.25. The van der Waals surface area contributed by atoms with Crippen molar-refractivity contribution in [2.45, 2.75) is 38.8 Å². The van der Waals surface area contributed by atoms with Gasteiger partial charge in [0.1, 0.15) is 5.01 Å². The van der Waals surface area contributed by atoms with Crippen LogP contribution < -0.4 is 0 Å². The fourth-order valence-corrected chi connectivity index (χ4v) is 5.49. The topological polar surface area (TPSA) is 36.4 Å². The van der Waals surface area contributed by atoms with Crippen molar-refractivity contribution < 1.29 is 4.79 Å². The summed E-state index contributed by atoms with van der Waals surface area (Å²) in [6, 6.07) is 8.57. The number of thiazole rings is 1. The van der Waals surface area contributed by atoms with E-state index in [1.807, 2.05) is 11.6 Å². The molecule has 1 unspecified atom stereocenters. The van der Waals surface area contributed by atoms with Gasteiger partial charge in [0.2, 0.25) is 5.91 Å². The number of rotatable bonds is 3. The Morgan fingerprint density at radius 2 is 2.00 bits per heavy atom. The Balaban J connectivity index is 1.18. The second-order valence-corrected chi connectivity index (χ2v) is 9.08. The molecule has 5 rings (SSSR count). The number of piperidine rings is 1. The molecule has 3 heterocycles. The van der Waals surface area contributed by atoms with E-state index in [1.165, 1.54) is 29.0 Å². The summed E-state index contributed by atoms with van der Waals surface area (Å²) in [6.45, 7) is 4.87. The van der Waals surface area contributed by atoms with Crippen LogP contribution in [0.5, 0.6) is 0 Å². The van der Waals surface area contributed by atoms with E-state index in [2.05, 4.69) is 39.0 Å². The molecule has 0 radical (unpaired) electrons. The Morgan fingerprint density at radius 3 is 2.77 bits per heavy atom. The Bertz CT molecular complexity index is 795. The fourth-order valence-electron chi connectivity index (χ4n) is 4.83. The zero-order valence-corrected chi connectivity index (χ0v) is 15.9. The first-order valence-corrected chi connectivity index (χ1v) is 10.6. The normalized spacial score (nSPS) is 24.5. The summed E-state index contributed by atoms with van der Waals surface area (Å²) in [7, 11) is 0. The number of hydrogen-bond acceptors (Lipinski definition) is 4. The van der Waals surface area contributed by atoms with E-state index >= 15 is 0 Å². The summed E-state index contributed by atoms with van der Waals surface area (Å²) in [5.74, 6) is 0.683. The number of nitrogens with zero attached hydrogens (tertiary/aromatic N) is 3. The third-order valence-electron chi connectivity index (χ3n) is 6.62. The molecule has 26 heavy (non-hydrogen) atoms. The number of carbonyl (C=O) groups is 1. The van der Waals surface area contributed by atoms with Gasteiger partial charge >= 0.3 is 0 Å². The molecule has 1 spiro atoms. The first-order chi connectivity index (χ1) is 12.7. The molecule has 3 aliphatic rings. The standard InChI is InChI=1S/C21H25N3OS/c25-20(24-9-5-16-3-1-2-4-17(16)14-24)18-13-21(18)6-10-23(11-7-21)15-19-22-8-12-26-19/h1-4,8,12,18H,5-7,9-11,13-15H2. The molecule has 2 aromatic rings. The maximum atomic E-state index is 13.1. The molecular formula is C21H25N3OS. The average Bonchev–Trinajstić information content (AvgIpc) is 3.12. The van der Waals surface area contributed by atoms with Crippen LogP contribution in [0.25, 0.3) is 0 Å². The lowest BCUT2D eigenvalue weighted by atomic mass is 9.90. The summed E-state index contributed by atoms with van der Waals surface area (Å²) in [4.78, 5) is 22.1. The summed E-state index contributed by atoms with van der Waals surface area (Å²) in [6.07, 6.45) is 6.33. The highest BCUT2D eigenvalue weighted by Gasteiger charge is 2.59. The highest BCUT2D eigenvalue weighted by molar-refractivity contribution is 7.09. The van der Waals surface area contributed by atoms with Crippen molar-refractivity contribution in [1.82, 2.24) is 14.8 Å². The summed E-state index contributed by atoms with van der Waals surface area (Å²) in [5.41, 5.74) is 3.05. The van der Waals surface area contributed by atoms with Gasteiger partial charge in [0, 0.05) is 30.6 Å². The highest BCUT2D eigenvalue weighted by atomic mass is 32.1. The van der Waals surface area contributed by atoms with Gasteiger partial charge in [-0.15, -0.1) is 11.3 Å². The molecule has 1 atom stereocenters. The van der Waals surface area contributed by atoms with E-state index in [1.54, 1.807) is 11.3 Å². The SMILES string of the molecule is O=C(C1CC12CCN(Cc1nccs1)CC2)N1CCc2ccccc2C1. The minimum Gasteiger partial charge on any atom is -0.338 e. The Labute approximate surface area is 158 Å². The lowest BCUT2D eigenvalue weighted by Gasteiger charge is -2.34.